The summed E-state index contributed by atoms with van der Waals surface area (Å²) in [6.45, 7) is 2.08. The van der Waals surface area contributed by atoms with Crippen LogP contribution in [0.2, 0.25) is 5.02 Å². The molecule has 1 aromatic carbocycles. The van der Waals surface area contributed by atoms with Gasteiger partial charge in [-0.2, -0.15) is 0 Å². The van der Waals surface area contributed by atoms with E-state index in [4.69, 9.17) is 11.6 Å². The van der Waals surface area contributed by atoms with Crippen LogP contribution in [0.3, 0.4) is 0 Å². The number of halogens is 2. The molecular formula is C14H13BrClNS. The normalized spacial score (nSPS) is 14.7. The Morgan fingerprint density at radius 2 is 2.22 bits per heavy atom. The van der Waals surface area contributed by atoms with Crippen LogP contribution in [-0.2, 0) is 18.3 Å². The lowest BCUT2D eigenvalue weighted by atomic mass is 10.1. The van der Waals surface area contributed by atoms with E-state index in [-0.39, 0.29) is 0 Å². The van der Waals surface area contributed by atoms with Gasteiger partial charge in [-0.05, 0) is 41.1 Å². The average molecular weight is 343 g/mol. The Balaban J connectivity index is 1.94. The van der Waals surface area contributed by atoms with Gasteiger partial charge in [0.05, 0.1) is 0 Å². The van der Waals surface area contributed by atoms with Crippen LogP contribution in [0.1, 0.15) is 16.0 Å². The number of fused-ring (bicyclic) bond motifs is 1. The zero-order valence-corrected chi connectivity index (χ0v) is 13.0. The van der Waals surface area contributed by atoms with Gasteiger partial charge < -0.3 is 4.90 Å². The largest absolute Gasteiger partial charge is 0.367 e. The molecule has 0 fully saturated rings. The zero-order valence-electron chi connectivity index (χ0n) is 9.83. The third-order valence-corrected chi connectivity index (χ3v) is 5.20. The van der Waals surface area contributed by atoms with Crippen molar-refractivity contribution in [2.45, 2.75) is 18.3 Å². The molecule has 0 spiro atoms. The number of nitrogens with zero attached hydrogens (tertiary/aromatic N) is 1. The number of hydrogen-bond donors (Lipinski definition) is 0. The zero-order chi connectivity index (χ0) is 12.5. The summed E-state index contributed by atoms with van der Waals surface area (Å²) in [7, 11) is 0. The summed E-state index contributed by atoms with van der Waals surface area (Å²) in [5.74, 6) is 0. The van der Waals surface area contributed by atoms with Gasteiger partial charge in [0.2, 0.25) is 0 Å². The van der Waals surface area contributed by atoms with Gasteiger partial charge in [-0.1, -0.05) is 33.6 Å². The quantitative estimate of drug-likeness (QED) is 0.705. The van der Waals surface area contributed by atoms with Gasteiger partial charge in [-0.25, -0.2) is 0 Å². The van der Waals surface area contributed by atoms with Gasteiger partial charge in [0.15, 0.2) is 0 Å². The maximum absolute atomic E-state index is 6.13. The summed E-state index contributed by atoms with van der Waals surface area (Å²) in [6, 6.07) is 8.39. The Morgan fingerprint density at radius 1 is 1.33 bits per heavy atom. The van der Waals surface area contributed by atoms with E-state index < -0.39 is 0 Å². The predicted molar refractivity (Wildman–Crippen MR) is 83.2 cm³/mol. The lowest BCUT2D eigenvalue weighted by molar-refractivity contribution is 0.741. The van der Waals surface area contributed by atoms with Gasteiger partial charge in [0.1, 0.15) is 0 Å². The third-order valence-electron chi connectivity index (χ3n) is 3.34. The van der Waals surface area contributed by atoms with Crippen LogP contribution in [0.25, 0.3) is 0 Å². The Bertz CT molecular complexity index is 567. The second-order valence-electron chi connectivity index (χ2n) is 4.45. The van der Waals surface area contributed by atoms with Crippen molar-refractivity contribution in [1.29, 1.82) is 0 Å². The van der Waals surface area contributed by atoms with E-state index in [0.29, 0.717) is 0 Å². The standard InChI is InChI=1S/C14H13BrClNS/c15-8-10-1-2-12(16)7-13(10)17-5-3-14-11(9-17)4-6-18-14/h1-2,4,6-7H,3,5,8-9H2. The van der Waals surface area contributed by atoms with E-state index in [9.17, 15) is 0 Å². The summed E-state index contributed by atoms with van der Waals surface area (Å²) in [6.07, 6.45) is 1.14. The smallest absolute Gasteiger partial charge is 0.0440 e. The first kappa shape index (κ1) is 12.5. The van der Waals surface area contributed by atoms with Crippen molar-refractivity contribution in [3.05, 3.63) is 50.7 Å². The monoisotopic (exact) mass is 341 g/mol. The highest BCUT2D eigenvalue weighted by Gasteiger charge is 2.19. The second-order valence-corrected chi connectivity index (χ2v) is 6.45. The van der Waals surface area contributed by atoms with Gasteiger partial charge in [0, 0.05) is 34.0 Å². The lowest BCUT2D eigenvalue weighted by Gasteiger charge is -2.30. The molecule has 0 saturated carbocycles. The maximum Gasteiger partial charge on any atom is 0.0440 e. The number of alkyl halides is 1. The summed E-state index contributed by atoms with van der Waals surface area (Å²) in [5.41, 5.74) is 4.03. The van der Waals surface area contributed by atoms with Crippen LogP contribution in [-0.4, -0.2) is 6.54 Å². The van der Waals surface area contributed by atoms with Crippen molar-refractivity contribution in [2.24, 2.45) is 0 Å². The van der Waals surface area contributed by atoms with Crippen molar-refractivity contribution in [1.82, 2.24) is 0 Å². The van der Waals surface area contributed by atoms with Gasteiger partial charge in [-0.3, -0.25) is 0 Å². The molecule has 1 aliphatic rings. The Morgan fingerprint density at radius 3 is 3.06 bits per heavy atom. The summed E-state index contributed by atoms with van der Waals surface area (Å²) < 4.78 is 0. The van der Waals surface area contributed by atoms with Gasteiger partial charge >= 0.3 is 0 Å². The molecule has 0 aliphatic carbocycles. The van der Waals surface area contributed by atoms with Crippen molar-refractivity contribution in [2.75, 3.05) is 11.4 Å². The molecule has 0 amide bonds. The van der Waals surface area contributed by atoms with Gasteiger partial charge in [-0.15, -0.1) is 11.3 Å². The molecule has 1 nitrogen and oxygen atoms in total. The predicted octanol–water partition coefficient (Wildman–Crippen LogP) is 4.86. The fraction of sp³-hybridized carbons (Fsp3) is 0.286. The van der Waals surface area contributed by atoms with Crippen LogP contribution in [0.4, 0.5) is 5.69 Å². The minimum atomic E-state index is 0.811. The molecule has 94 valence electrons. The van der Waals surface area contributed by atoms with Crippen LogP contribution in [0.15, 0.2) is 29.6 Å². The van der Waals surface area contributed by atoms with Crippen LogP contribution >= 0.6 is 38.9 Å². The van der Waals surface area contributed by atoms with E-state index in [1.165, 1.54) is 21.7 Å². The maximum atomic E-state index is 6.13. The van der Waals surface area contributed by atoms with Gasteiger partial charge in [0.25, 0.3) is 0 Å². The molecule has 0 N–H and O–H groups in total. The Hall–Kier alpha value is -0.510. The molecule has 0 saturated heterocycles. The van der Waals surface area contributed by atoms with E-state index in [2.05, 4.69) is 44.4 Å². The first-order valence-corrected chi connectivity index (χ1v) is 8.30. The molecule has 4 heteroatoms. The topological polar surface area (TPSA) is 3.24 Å². The molecule has 2 aromatic rings. The molecule has 0 radical (unpaired) electrons. The number of anilines is 1. The third kappa shape index (κ3) is 2.31. The highest BCUT2D eigenvalue weighted by molar-refractivity contribution is 9.08. The minimum Gasteiger partial charge on any atom is -0.367 e. The molecule has 18 heavy (non-hydrogen) atoms. The number of rotatable bonds is 2. The number of thiophene rings is 1. The highest BCUT2D eigenvalue weighted by atomic mass is 79.9. The molecule has 1 aromatic heterocycles. The highest BCUT2D eigenvalue weighted by Crippen LogP contribution is 2.32. The first-order valence-electron chi connectivity index (χ1n) is 5.92. The second kappa shape index (κ2) is 5.24. The fourth-order valence-electron chi connectivity index (χ4n) is 2.40. The molecule has 3 rings (SSSR count). The minimum absolute atomic E-state index is 0.811. The molecule has 0 bridgehead atoms. The van der Waals surface area contributed by atoms with E-state index in [1.54, 1.807) is 0 Å². The van der Waals surface area contributed by atoms with E-state index in [0.717, 1.165) is 29.9 Å². The van der Waals surface area contributed by atoms with Crippen LogP contribution in [0.5, 0.6) is 0 Å². The Kier molecular flexibility index (Phi) is 3.64. The first-order chi connectivity index (χ1) is 8.78. The van der Waals surface area contributed by atoms with Crippen molar-refractivity contribution >= 4 is 44.6 Å². The lowest BCUT2D eigenvalue weighted by Crippen LogP contribution is -2.30. The molecule has 0 atom stereocenters. The summed E-state index contributed by atoms with van der Waals surface area (Å²) in [5, 5.41) is 3.87. The Labute approximate surface area is 125 Å². The summed E-state index contributed by atoms with van der Waals surface area (Å²) in [4.78, 5) is 3.96. The average Bonchev–Trinajstić information content (AvgIpc) is 2.85. The number of hydrogen-bond acceptors (Lipinski definition) is 2. The fourth-order valence-corrected chi connectivity index (χ4v) is 3.93. The van der Waals surface area contributed by atoms with Crippen molar-refractivity contribution in [3.63, 3.8) is 0 Å². The summed E-state index contributed by atoms with van der Waals surface area (Å²) >= 11 is 11.6. The van der Waals surface area contributed by atoms with Crippen LogP contribution in [0, 0.1) is 0 Å². The van der Waals surface area contributed by atoms with E-state index >= 15 is 0 Å². The molecule has 0 unspecified atom stereocenters. The molecule has 2 heterocycles. The number of benzene rings is 1. The van der Waals surface area contributed by atoms with Crippen molar-refractivity contribution in [3.8, 4) is 0 Å². The van der Waals surface area contributed by atoms with E-state index in [1.807, 2.05) is 17.4 Å². The molecular weight excluding hydrogens is 330 g/mol. The molecule has 1 aliphatic heterocycles. The van der Waals surface area contributed by atoms with Crippen LogP contribution < -0.4 is 4.90 Å². The SMILES string of the molecule is Clc1ccc(CBr)c(N2CCc3sccc3C2)c1. The van der Waals surface area contributed by atoms with Crippen molar-refractivity contribution < 1.29 is 0 Å².